The first-order chi connectivity index (χ1) is 14.3. The number of hydrogen-bond acceptors (Lipinski definition) is 5. The number of aryl methyl sites for hydroxylation is 1. The lowest BCUT2D eigenvalue weighted by Crippen LogP contribution is -2.28. The molecule has 0 atom stereocenters. The minimum absolute atomic E-state index is 0.729. The van der Waals surface area contributed by atoms with E-state index in [2.05, 4.69) is 79.6 Å². The van der Waals surface area contributed by atoms with E-state index < -0.39 is 0 Å². The summed E-state index contributed by atoms with van der Waals surface area (Å²) < 4.78 is 0. The Morgan fingerprint density at radius 2 is 1.79 bits per heavy atom. The van der Waals surface area contributed by atoms with E-state index in [9.17, 15) is 0 Å². The van der Waals surface area contributed by atoms with Crippen LogP contribution in [0.15, 0.2) is 72.9 Å². The van der Waals surface area contributed by atoms with Crippen LogP contribution in [-0.4, -0.2) is 26.8 Å². The van der Waals surface area contributed by atoms with E-state index >= 15 is 0 Å². The molecule has 1 aromatic carbocycles. The van der Waals surface area contributed by atoms with Crippen molar-refractivity contribution in [2.24, 2.45) is 0 Å². The molecule has 0 unspecified atom stereocenters. The number of anilines is 3. The first-order valence-corrected chi connectivity index (χ1v) is 9.74. The maximum absolute atomic E-state index is 4.88. The van der Waals surface area contributed by atoms with Crippen molar-refractivity contribution in [3.05, 3.63) is 95.7 Å². The number of fused-ring (bicyclic) bond motifs is 1. The maximum atomic E-state index is 4.88. The predicted octanol–water partition coefficient (Wildman–Crippen LogP) is 4.21. The van der Waals surface area contributed by atoms with E-state index in [1.807, 2.05) is 25.3 Å². The largest absolute Gasteiger partial charge is 0.344 e. The van der Waals surface area contributed by atoms with Gasteiger partial charge in [-0.25, -0.2) is 4.98 Å². The molecular formula is C23H22N6. The quantitative estimate of drug-likeness (QED) is 0.560. The molecule has 0 radical (unpaired) electrons. The lowest BCUT2D eigenvalue weighted by molar-refractivity contribution is 0.803. The van der Waals surface area contributed by atoms with Gasteiger partial charge in [-0.3, -0.25) is 10.1 Å². The fourth-order valence-corrected chi connectivity index (χ4v) is 3.77. The Morgan fingerprint density at radius 3 is 2.62 bits per heavy atom. The first-order valence-electron chi connectivity index (χ1n) is 9.74. The number of aromatic nitrogens is 4. The van der Waals surface area contributed by atoms with Gasteiger partial charge in [0.1, 0.15) is 0 Å². The van der Waals surface area contributed by atoms with Crippen LogP contribution in [0.2, 0.25) is 0 Å². The molecule has 1 aliphatic heterocycles. The van der Waals surface area contributed by atoms with Crippen LogP contribution in [0.1, 0.15) is 22.8 Å². The Kier molecular flexibility index (Phi) is 4.44. The minimum Gasteiger partial charge on any atom is -0.344 e. The molecule has 4 aromatic rings. The van der Waals surface area contributed by atoms with Gasteiger partial charge in [-0.15, -0.1) is 0 Å². The van der Waals surface area contributed by atoms with Crippen LogP contribution in [0.3, 0.4) is 0 Å². The van der Waals surface area contributed by atoms with E-state index in [-0.39, 0.29) is 0 Å². The Morgan fingerprint density at radius 1 is 0.931 bits per heavy atom. The van der Waals surface area contributed by atoms with E-state index in [1.165, 1.54) is 0 Å². The SMILES string of the molecule is Cc1cc(Cc2cccc(CN3CN(c4ccccc4)c4ncccc43)n2)n[nH]1. The molecule has 0 bridgehead atoms. The fourth-order valence-electron chi connectivity index (χ4n) is 3.77. The van der Waals surface area contributed by atoms with E-state index in [0.29, 0.717) is 0 Å². The third kappa shape index (κ3) is 3.57. The highest BCUT2D eigenvalue weighted by Gasteiger charge is 2.28. The van der Waals surface area contributed by atoms with Gasteiger partial charge in [0.2, 0.25) is 0 Å². The summed E-state index contributed by atoms with van der Waals surface area (Å²) in [6, 6.07) is 22.8. The van der Waals surface area contributed by atoms with Gasteiger partial charge in [0.25, 0.3) is 0 Å². The number of aromatic amines is 1. The van der Waals surface area contributed by atoms with E-state index in [4.69, 9.17) is 4.98 Å². The highest BCUT2D eigenvalue weighted by Crippen LogP contribution is 2.38. The summed E-state index contributed by atoms with van der Waals surface area (Å²) >= 11 is 0. The number of para-hydroxylation sites is 1. The van der Waals surface area contributed by atoms with Gasteiger partial charge in [-0.1, -0.05) is 24.3 Å². The van der Waals surface area contributed by atoms with Crippen molar-refractivity contribution >= 4 is 17.2 Å². The highest BCUT2D eigenvalue weighted by atomic mass is 15.4. The second-order valence-corrected chi connectivity index (χ2v) is 7.29. The van der Waals surface area contributed by atoms with Crippen molar-refractivity contribution < 1.29 is 0 Å². The fraction of sp³-hybridized carbons (Fsp3) is 0.174. The minimum atomic E-state index is 0.729. The summed E-state index contributed by atoms with van der Waals surface area (Å²) in [7, 11) is 0. The molecule has 0 aliphatic carbocycles. The van der Waals surface area contributed by atoms with Crippen molar-refractivity contribution in [1.29, 1.82) is 0 Å². The molecule has 0 saturated carbocycles. The maximum Gasteiger partial charge on any atom is 0.158 e. The van der Waals surface area contributed by atoms with Gasteiger partial charge in [-0.2, -0.15) is 5.10 Å². The van der Waals surface area contributed by atoms with Gasteiger partial charge in [0.15, 0.2) is 5.82 Å². The highest BCUT2D eigenvalue weighted by molar-refractivity contribution is 5.78. The molecule has 1 aliphatic rings. The molecule has 29 heavy (non-hydrogen) atoms. The average molecular weight is 382 g/mol. The van der Waals surface area contributed by atoms with Gasteiger partial charge in [-0.05, 0) is 49.4 Å². The summed E-state index contributed by atoms with van der Waals surface area (Å²) in [5.41, 5.74) is 6.42. The molecule has 1 N–H and O–H groups in total. The third-order valence-corrected chi connectivity index (χ3v) is 5.08. The molecule has 5 rings (SSSR count). The lowest BCUT2D eigenvalue weighted by Gasteiger charge is -2.21. The molecule has 3 aromatic heterocycles. The number of pyridine rings is 2. The first kappa shape index (κ1) is 17.4. The average Bonchev–Trinajstić information content (AvgIpc) is 3.33. The summed E-state index contributed by atoms with van der Waals surface area (Å²) in [5.74, 6) is 0.988. The zero-order chi connectivity index (χ0) is 19.6. The summed E-state index contributed by atoms with van der Waals surface area (Å²) in [6.45, 7) is 3.49. The van der Waals surface area contributed by atoms with Crippen molar-refractivity contribution in [3.63, 3.8) is 0 Å². The second-order valence-electron chi connectivity index (χ2n) is 7.29. The number of hydrogen-bond donors (Lipinski definition) is 1. The second kappa shape index (κ2) is 7.39. The Balaban J connectivity index is 1.39. The van der Waals surface area contributed by atoms with Crippen LogP contribution in [0.5, 0.6) is 0 Å². The monoisotopic (exact) mass is 382 g/mol. The Labute approximate surface area is 169 Å². The number of H-pyrrole nitrogens is 1. The summed E-state index contributed by atoms with van der Waals surface area (Å²) in [6.07, 6.45) is 2.58. The molecular weight excluding hydrogens is 360 g/mol. The molecule has 6 heteroatoms. The van der Waals surface area contributed by atoms with Crippen LogP contribution in [0.25, 0.3) is 0 Å². The number of nitrogens with zero attached hydrogens (tertiary/aromatic N) is 5. The molecule has 6 nitrogen and oxygen atoms in total. The van der Waals surface area contributed by atoms with Crippen molar-refractivity contribution in [1.82, 2.24) is 20.2 Å². The zero-order valence-corrected chi connectivity index (χ0v) is 16.3. The van der Waals surface area contributed by atoms with E-state index in [0.717, 1.165) is 59.6 Å². The molecule has 4 heterocycles. The Bertz CT molecular complexity index is 1120. The lowest BCUT2D eigenvalue weighted by atomic mass is 10.2. The molecule has 0 amide bonds. The normalized spacial score (nSPS) is 13.0. The van der Waals surface area contributed by atoms with Crippen LogP contribution in [-0.2, 0) is 13.0 Å². The van der Waals surface area contributed by atoms with Crippen LogP contribution in [0, 0.1) is 6.92 Å². The molecule has 144 valence electrons. The molecule has 0 spiro atoms. The topological polar surface area (TPSA) is 60.9 Å². The number of nitrogens with one attached hydrogen (secondary N) is 1. The van der Waals surface area contributed by atoms with Gasteiger partial charge in [0.05, 0.1) is 30.3 Å². The predicted molar refractivity (Wildman–Crippen MR) is 114 cm³/mol. The van der Waals surface area contributed by atoms with Crippen molar-refractivity contribution in [2.45, 2.75) is 19.9 Å². The Hall–Kier alpha value is -3.67. The zero-order valence-electron chi connectivity index (χ0n) is 16.3. The van der Waals surface area contributed by atoms with E-state index in [1.54, 1.807) is 0 Å². The van der Waals surface area contributed by atoms with Crippen molar-refractivity contribution in [3.8, 4) is 0 Å². The standard InChI is InChI=1S/C23H22N6/c1-17-13-20(27-26-17)14-18-7-5-8-19(25-18)15-28-16-29(21-9-3-2-4-10-21)23-22(28)11-6-12-24-23/h2-13H,14-16H2,1H3,(H,26,27). The summed E-state index contributed by atoms with van der Waals surface area (Å²) in [4.78, 5) is 14.1. The summed E-state index contributed by atoms with van der Waals surface area (Å²) in [5, 5.41) is 7.32. The van der Waals surface area contributed by atoms with Gasteiger partial charge < -0.3 is 9.80 Å². The van der Waals surface area contributed by atoms with Crippen molar-refractivity contribution in [2.75, 3.05) is 16.5 Å². The van der Waals surface area contributed by atoms with Crippen LogP contribution in [0.4, 0.5) is 17.2 Å². The van der Waals surface area contributed by atoms with Crippen LogP contribution >= 0.6 is 0 Å². The smallest absolute Gasteiger partial charge is 0.158 e. The number of rotatable bonds is 5. The third-order valence-electron chi connectivity index (χ3n) is 5.08. The number of benzene rings is 1. The van der Waals surface area contributed by atoms with Crippen LogP contribution < -0.4 is 9.80 Å². The van der Waals surface area contributed by atoms with Gasteiger partial charge in [0, 0.05) is 29.7 Å². The van der Waals surface area contributed by atoms with Gasteiger partial charge >= 0.3 is 0 Å². The molecule has 0 saturated heterocycles. The molecule has 0 fully saturated rings.